The first-order chi connectivity index (χ1) is 7.42. The molecule has 3 rings (SSSR count). The topological polar surface area (TPSA) is 54.2 Å². The van der Waals surface area contributed by atoms with Crippen LogP contribution in [-0.4, -0.2) is 29.3 Å². The molecule has 1 N–H and O–H groups in total. The van der Waals surface area contributed by atoms with E-state index in [2.05, 4.69) is 20.4 Å². The summed E-state index contributed by atoms with van der Waals surface area (Å²) in [6.45, 7) is 2.84. The van der Waals surface area contributed by atoms with Crippen LogP contribution in [0.15, 0.2) is 4.52 Å². The van der Waals surface area contributed by atoms with Crippen molar-refractivity contribution in [2.24, 2.45) is 0 Å². The van der Waals surface area contributed by atoms with E-state index in [4.69, 9.17) is 4.52 Å². The monoisotopic (exact) mass is 208 g/mol. The molecule has 2 heterocycles. The van der Waals surface area contributed by atoms with Crippen molar-refractivity contribution in [2.75, 3.05) is 18.0 Å². The van der Waals surface area contributed by atoms with Gasteiger partial charge in [0.25, 0.3) is 5.95 Å². The predicted molar refractivity (Wildman–Crippen MR) is 55.6 cm³/mol. The molecule has 0 amide bonds. The van der Waals surface area contributed by atoms with Crippen LogP contribution in [-0.2, 0) is 6.54 Å². The van der Waals surface area contributed by atoms with Gasteiger partial charge in [-0.05, 0) is 30.8 Å². The molecular formula is C10H16N4O. The van der Waals surface area contributed by atoms with E-state index >= 15 is 0 Å². The third-order valence-electron chi connectivity index (χ3n) is 2.97. The summed E-state index contributed by atoms with van der Waals surface area (Å²) in [4.78, 5) is 6.56. The quantitative estimate of drug-likeness (QED) is 0.797. The van der Waals surface area contributed by atoms with Crippen LogP contribution in [0.4, 0.5) is 5.95 Å². The Morgan fingerprint density at radius 2 is 2.13 bits per heavy atom. The van der Waals surface area contributed by atoms with Gasteiger partial charge in [-0.3, -0.25) is 0 Å². The third kappa shape index (κ3) is 2.12. The first-order valence-corrected chi connectivity index (χ1v) is 5.73. The van der Waals surface area contributed by atoms with Gasteiger partial charge in [0.15, 0.2) is 0 Å². The zero-order valence-corrected chi connectivity index (χ0v) is 8.78. The minimum Gasteiger partial charge on any atom is -0.338 e. The molecule has 82 valence electrons. The fourth-order valence-electron chi connectivity index (χ4n) is 1.88. The normalized spacial score (nSPS) is 21.2. The molecule has 0 bridgehead atoms. The average Bonchev–Trinajstić information content (AvgIpc) is 2.78. The van der Waals surface area contributed by atoms with Crippen molar-refractivity contribution in [3.8, 4) is 0 Å². The fourth-order valence-corrected chi connectivity index (χ4v) is 1.88. The highest BCUT2D eigenvalue weighted by Gasteiger charge is 2.22. The van der Waals surface area contributed by atoms with Gasteiger partial charge in [-0.15, -0.1) is 0 Å². The molecule has 1 saturated carbocycles. The Kier molecular flexibility index (Phi) is 2.32. The van der Waals surface area contributed by atoms with Crippen LogP contribution < -0.4 is 10.2 Å². The van der Waals surface area contributed by atoms with Crippen molar-refractivity contribution in [1.82, 2.24) is 15.5 Å². The molecule has 0 radical (unpaired) electrons. The van der Waals surface area contributed by atoms with Crippen LogP contribution in [0.2, 0.25) is 0 Å². The molecule has 0 atom stereocenters. The smallest absolute Gasteiger partial charge is 0.266 e. The lowest BCUT2D eigenvalue weighted by Gasteiger charge is -2.09. The summed E-state index contributed by atoms with van der Waals surface area (Å²) in [5.74, 6) is 1.48. The zero-order chi connectivity index (χ0) is 10.1. The van der Waals surface area contributed by atoms with Crippen molar-refractivity contribution >= 4 is 5.95 Å². The number of aromatic nitrogens is 2. The molecule has 1 aromatic heterocycles. The van der Waals surface area contributed by atoms with Gasteiger partial charge in [-0.2, -0.15) is 4.98 Å². The second kappa shape index (κ2) is 3.81. The molecule has 1 aliphatic carbocycles. The van der Waals surface area contributed by atoms with Crippen LogP contribution >= 0.6 is 0 Å². The number of rotatable bonds is 4. The highest BCUT2D eigenvalue weighted by Crippen LogP contribution is 2.20. The molecule has 15 heavy (non-hydrogen) atoms. The number of hydrogen-bond acceptors (Lipinski definition) is 5. The molecule has 0 unspecified atom stereocenters. The third-order valence-corrected chi connectivity index (χ3v) is 2.97. The average molecular weight is 208 g/mol. The standard InChI is InChI=1S/C10H16N4O/c1-2-6-14(5-1)10-12-9(15-13-10)7-11-8-3-4-8/h8,11H,1-7H2. The zero-order valence-electron chi connectivity index (χ0n) is 8.78. The van der Waals surface area contributed by atoms with E-state index in [1.807, 2.05) is 0 Å². The Hall–Kier alpha value is -1.10. The van der Waals surface area contributed by atoms with E-state index in [0.29, 0.717) is 18.5 Å². The van der Waals surface area contributed by atoms with Gasteiger partial charge in [0, 0.05) is 19.1 Å². The maximum atomic E-state index is 5.19. The molecular weight excluding hydrogens is 192 g/mol. The second-order valence-corrected chi connectivity index (χ2v) is 4.34. The fraction of sp³-hybridized carbons (Fsp3) is 0.800. The number of hydrogen-bond donors (Lipinski definition) is 1. The van der Waals surface area contributed by atoms with Crippen molar-refractivity contribution in [1.29, 1.82) is 0 Å². The molecule has 0 spiro atoms. The highest BCUT2D eigenvalue weighted by molar-refractivity contribution is 5.28. The van der Waals surface area contributed by atoms with Crippen molar-refractivity contribution in [2.45, 2.75) is 38.3 Å². The minimum atomic E-state index is 0.687. The molecule has 2 aliphatic rings. The summed E-state index contributed by atoms with van der Waals surface area (Å²) >= 11 is 0. The molecule has 1 aromatic rings. The van der Waals surface area contributed by atoms with Crippen LogP contribution in [0.1, 0.15) is 31.6 Å². The summed E-state index contributed by atoms with van der Waals surface area (Å²) in [6, 6.07) is 0.687. The predicted octanol–water partition coefficient (Wildman–Crippen LogP) is 0.922. The van der Waals surface area contributed by atoms with E-state index in [1.165, 1.54) is 25.7 Å². The maximum absolute atomic E-state index is 5.19. The van der Waals surface area contributed by atoms with Crippen LogP contribution in [0.3, 0.4) is 0 Å². The molecule has 5 nitrogen and oxygen atoms in total. The number of anilines is 1. The summed E-state index contributed by atoms with van der Waals surface area (Å²) in [7, 11) is 0. The molecule has 1 saturated heterocycles. The summed E-state index contributed by atoms with van der Waals surface area (Å²) in [5, 5.41) is 7.36. The Labute approximate surface area is 88.8 Å². The van der Waals surface area contributed by atoms with Gasteiger partial charge in [-0.1, -0.05) is 0 Å². The lowest BCUT2D eigenvalue weighted by molar-refractivity contribution is 0.366. The Morgan fingerprint density at radius 1 is 1.33 bits per heavy atom. The lowest BCUT2D eigenvalue weighted by Crippen LogP contribution is -2.19. The summed E-state index contributed by atoms with van der Waals surface area (Å²) in [6.07, 6.45) is 5.05. The van der Waals surface area contributed by atoms with E-state index in [1.54, 1.807) is 0 Å². The summed E-state index contributed by atoms with van der Waals surface area (Å²) in [5.41, 5.74) is 0. The van der Waals surface area contributed by atoms with Gasteiger partial charge in [-0.25, -0.2) is 0 Å². The first-order valence-electron chi connectivity index (χ1n) is 5.73. The van der Waals surface area contributed by atoms with Gasteiger partial charge in [0.05, 0.1) is 6.54 Å². The Bertz CT molecular complexity index is 328. The largest absolute Gasteiger partial charge is 0.338 e. The van der Waals surface area contributed by atoms with E-state index < -0.39 is 0 Å². The van der Waals surface area contributed by atoms with Crippen molar-refractivity contribution < 1.29 is 4.52 Å². The van der Waals surface area contributed by atoms with E-state index in [9.17, 15) is 0 Å². The van der Waals surface area contributed by atoms with Gasteiger partial charge in [0.2, 0.25) is 5.89 Å². The van der Waals surface area contributed by atoms with E-state index in [-0.39, 0.29) is 0 Å². The number of nitrogens with zero attached hydrogens (tertiary/aromatic N) is 3. The van der Waals surface area contributed by atoms with Crippen LogP contribution in [0.5, 0.6) is 0 Å². The Balaban J connectivity index is 1.59. The first kappa shape index (κ1) is 9.15. The van der Waals surface area contributed by atoms with E-state index in [0.717, 1.165) is 19.0 Å². The molecule has 1 aliphatic heterocycles. The maximum Gasteiger partial charge on any atom is 0.266 e. The second-order valence-electron chi connectivity index (χ2n) is 4.34. The number of nitrogens with one attached hydrogen (secondary N) is 1. The molecule has 2 fully saturated rings. The van der Waals surface area contributed by atoms with Crippen LogP contribution in [0.25, 0.3) is 0 Å². The SMILES string of the molecule is C1CCN(c2noc(CNC3CC3)n2)C1. The van der Waals surface area contributed by atoms with Crippen molar-refractivity contribution in [3.63, 3.8) is 0 Å². The summed E-state index contributed by atoms with van der Waals surface area (Å²) < 4.78 is 5.19. The van der Waals surface area contributed by atoms with Crippen LogP contribution in [0, 0.1) is 0 Å². The minimum absolute atomic E-state index is 0.687. The van der Waals surface area contributed by atoms with Gasteiger partial charge < -0.3 is 14.7 Å². The lowest BCUT2D eigenvalue weighted by atomic mass is 10.4. The molecule has 5 heteroatoms. The highest BCUT2D eigenvalue weighted by atomic mass is 16.5. The van der Waals surface area contributed by atoms with Crippen molar-refractivity contribution in [3.05, 3.63) is 5.89 Å². The Morgan fingerprint density at radius 3 is 2.87 bits per heavy atom. The molecule has 0 aromatic carbocycles. The van der Waals surface area contributed by atoms with Gasteiger partial charge >= 0.3 is 0 Å². The van der Waals surface area contributed by atoms with Gasteiger partial charge in [0.1, 0.15) is 0 Å².